The van der Waals surface area contributed by atoms with Gasteiger partial charge in [0.1, 0.15) is 11.5 Å². The van der Waals surface area contributed by atoms with Gasteiger partial charge in [-0.1, -0.05) is 6.07 Å². The predicted octanol–water partition coefficient (Wildman–Crippen LogP) is 4.09. The van der Waals surface area contributed by atoms with Crippen LogP contribution in [-0.2, 0) is 6.18 Å². The van der Waals surface area contributed by atoms with Gasteiger partial charge in [-0.3, -0.25) is 0 Å². The number of hydrogen-bond donors (Lipinski definition) is 2. The fraction of sp³-hybridized carbons (Fsp3) is 0.143. The summed E-state index contributed by atoms with van der Waals surface area (Å²) in [5.74, 6) is -0.407. The van der Waals surface area contributed by atoms with Crippen LogP contribution in [0.2, 0.25) is 0 Å². The van der Waals surface area contributed by atoms with Crippen molar-refractivity contribution in [2.24, 2.45) is 0 Å². The molecule has 0 radical (unpaired) electrons. The fourth-order valence-corrected chi connectivity index (χ4v) is 1.88. The van der Waals surface area contributed by atoms with Gasteiger partial charge in [-0.15, -0.1) is 0 Å². The standard InChI is InChI=1S/C14H11F3O2/c1-8-2-9(4-11(3-8)14(15,16)17)10-5-12(18)7-13(19)6-10/h2-7,18-19H,1H3. The van der Waals surface area contributed by atoms with Crippen LogP contribution < -0.4 is 0 Å². The molecule has 0 aromatic heterocycles. The van der Waals surface area contributed by atoms with E-state index in [-0.39, 0.29) is 11.5 Å². The van der Waals surface area contributed by atoms with Crippen LogP contribution in [0.25, 0.3) is 11.1 Å². The Morgan fingerprint density at radius 2 is 1.32 bits per heavy atom. The van der Waals surface area contributed by atoms with Gasteiger partial charge in [-0.25, -0.2) is 0 Å². The molecule has 0 aliphatic carbocycles. The molecule has 0 unspecified atom stereocenters. The Labute approximate surface area is 107 Å². The van der Waals surface area contributed by atoms with Crippen molar-refractivity contribution in [2.45, 2.75) is 13.1 Å². The van der Waals surface area contributed by atoms with Crippen LogP contribution in [0.1, 0.15) is 11.1 Å². The Morgan fingerprint density at radius 3 is 1.84 bits per heavy atom. The van der Waals surface area contributed by atoms with Gasteiger partial charge >= 0.3 is 6.18 Å². The number of benzene rings is 2. The number of rotatable bonds is 1. The number of phenols is 2. The first-order chi connectivity index (χ1) is 8.75. The molecule has 2 aromatic rings. The van der Waals surface area contributed by atoms with Gasteiger partial charge in [0.2, 0.25) is 0 Å². The molecule has 0 saturated carbocycles. The van der Waals surface area contributed by atoms with Crippen LogP contribution in [-0.4, -0.2) is 10.2 Å². The molecule has 0 aliphatic rings. The van der Waals surface area contributed by atoms with E-state index in [4.69, 9.17) is 0 Å². The lowest BCUT2D eigenvalue weighted by molar-refractivity contribution is -0.137. The van der Waals surface area contributed by atoms with Gasteiger partial charge in [-0.2, -0.15) is 13.2 Å². The number of phenolic OH excluding ortho intramolecular Hbond substituents is 2. The van der Waals surface area contributed by atoms with Crippen LogP contribution in [0.3, 0.4) is 0 Å². The first kappa shape index (κ1) is 13.3. The van der Waals surface area contributed by atoms with E-state index in [1.165, 1.54) is 12.1 Å². The van der Waals surface area contributed by atoms with Crippen LogP contribution in [0, 0.1) is 6.92 Å². The molecule has 0 aliphatic heterocycles. The van der Waals surface area contributed by atoms with Crippen LogP contribution in [0.5, 0.6) is 11.5 Å². The van der Waals surface area contributed by atoms with Crippen LogP contribution in [0.4, 0.5) is 13.2 Å². The maximum Gasteiger partial charge on any atom is 0.416 e. The number of alkyl halides is 3. The molecule has 0 bridgehead atoms. The lowest BCUT2D eigenvalue weighted by Crippen LogP contribution is -2.05. The average Bonchev–Trinajstić information content (AvgIpc) is 2.25. The summed E-state index contributed by atoms with van der Waals surface area (Å²) in [5.41, 5.74) is 0.309. The quantitative estimate of drug-likeness (QED) is 0.817. The van der Waals surface area contributed by atoms with Gasteiger partial charge in [-0.05, 0) is 47.9 Å². The molecule has 2 aromatic carbocycles. The third-order valence-electron chi connectivity index (χ3n) is 2.64. The summed E-state index contributed by atoms with van der Waals surface area (Å²) < 4.78 is 38.2. The van der Waals surface area contributed by atoms with E-state index in [2.05, 4.69) is 0 Å². The third kappa shape index (κ3) is 2.99. The van der Waals surface area contributed by atoms with E-state index < -0.39 is 11.7 Å². The zero-order valence-electron chi connectivity index (χ0n) is 9.99. The highest BCUT2D eigenvalue weighted by molar-refractivity contribution is 5.68. The van der Waals surface area contributed by atoms with Crippen molar-refractivity contribution in [3.63, 3.8) is 0 Å². The summed E-state index contributed by atoms with van der Waals surface area (Å²) in [6.07, 6.45) is -4.43. The summed E-state index contributed by atoms with van der Waals surface area (Å²) in [6.45, 7) is 1.56. The summed E-state index contributed by atoms with van der Waals surface area (Å²) in [7, 11) is 0. The maximum absolute atomic E-state index is 12.7. The third-order valence-corrected chi connectivity index (χ3v) is 2.64. The fourth-order valence-electron chi connectivity index (χ4n) is 1.88. The Hall–Kier alpha value is -2.17. The van der Waals surface area contributed by atoms with Crippen molar-refractivity contribution in [1.82, 2.24) is 0 Å². The maximum atomic E-state index is 12.7. The van der Waals surface area contributed by atoms with Crippen LogP contribution in [0.15, 0.2) is 36.4 Å². The van der Waals surface area contributed by atoms with Crippen molar-refractivity contribution in [2.75, 3.05) is 0 Å². The molecule has 0 atom stereocenters. The highest BCUT2D eigenvalue weighted by Crippen LogP contribution is 2.35. The van der Waals surface area contributed by atoms with Crippen molar-refractivity contribution in [1.29, 1.82) is 0 Å². The molecule has 2 nitrogen and oxygen atoms in total. The van der Waals surface area contributed by atoms with Gasteiger partial charge in [0.15, 0.2) is 0 Å². The van der Waals surface area contributed by atoms with Gasteiger partial charge in [0, 0.05) is 6.07 Å². The minimum absolute atomic E-state index is 0.204. The average molecular weight is 268 g/mol. The number of aromatic hydroxyl groups is 2. The highest BCUT2D eigenvalue weighted by Gasteiger charge is 2.31. The number of aryl methyl sites for hydroxylation is 1. The van der Waals surface area contributed by atoms with Gasteiger partial charge in [0.05, 0.1) is 5.56 Å². The molecule has 0 fully saturated rings. The molecular formula is C14H11F3O2. The normalized spacial score (nSPS) is 11.6. The first-order valence-electron chi connectivity index (χ1n) is 5.48. The summed E-state index contributed by atoms with van der Waals surface area (Å²) >= 11 is 0. The lowest BCUT2D eigenvalue weighted by Gasteiger charge is -2.11. The van der Waals surface area contributed by atoms with Crippen molar-refractivity contribution in [3.8, 4) is 22.6 Å². The Balaban J connectivity index is 2.59. The van der Waals surface area contributed by atoms with Crippen molar-refractivity contribution >= 4 is 0 Å². The van der Waals surface area contributed by atoms with E-state index in [1.807, 2.05) is 0 Å². The van der Waals surface area contributed by atoms with E-state index in [1.54, 1.807) is 13.0 Å². The van der Waals surface area contributed by atoms with E-state index in [0.717, 1.165) is 18.2 Å². The first-order valence-corrected chi connectivity index (χ1v) is 5.48. The van der Waals surface area contributed by atoms with Crippen molar-refractivity contribution in [3.05, 3.63) is 47.5 Å². The molecule has 0 heterocycles. The second-order valence-electron chi connectivity index (χ2n) is 4.32. The van der Waals surface area contributed by atoms with E-state index in [0.29, 0.717) is 16.7 Å². The molecule has 0 saturated heterocycles. The smallest absolute Gasteiger partial charge is 0.416 e. The topological polar surface area (TPSA) is 40.5 Å². The Bertz CT molecular complexity index is 598. The number of halogens is 3. The largest absolute Gasteiger partial charge is 0.508 e. The lowest BCUT2D eigenvalue weighted by atomic mass is 9.99. The highest BCUT2D eigenvalue weighted by atomic mass is 19.4. The zero-order valence-corrected chi connectivity index (χ0v) is 9.99. The summed E-state index contributed by atoms with van der Waals surface area (Å²) in [5, 5.41) is 18.7. The molecule has 2 rings (SSSR count). The molecule has 19 heavy (non-hydrogen) atoms. The summed E-state index contributed by atoms with van der Waals surface area (Å²) in [4.78, 5) is 0. The van der Waals surface area contributed by atoms with Crippen LogP contribution >= 0.6 is 0 Å². The second-order valence-corrected chi connectivity index (χ2v) is 4.32. The molecule has 0 amide bonds. The van der Waals surface area contributed by atoms with Crippen molar-refractivity contribution < 1.29 is 23.4 Å². The molecular weight excluding hydrogens is 257 g/mol. The predicted molar refractivity (Wildman–Crippen MR) is 64.9 cm³/mol. The van der Waals surface area contributed by atoms with E-state index >= 15 is 0 Å². The second kappa shape index (κ2) is 4.50. The molecule has 0 spiro atoms. The molecule has 2 N–H and O–H groups in total. The molecule has 100 valence electrons. The molecule has 5 heteroatoms. The van der Waals surface area contributed by atoms with Gasteiger partial charge in [0.25, 0.3) is 0 Å². The minimum atomic E-state index is -4.43. The minimum Gasteiger partial charge on any atom is -0.508 e. The Kier molecular flexibility index (Phi) is 3.14. The monoisotopic (exact) mass is 268 g/mol. The summed E-state index contributed by atoms with van der Waals surface area (Å²) in [6, 6.07) is 7.31. The SMILES string of the molecule is Cc1cc(-c2cc(O)cc(O)c2)cc(C(F)(F)F)c1. The van der Waals surface area contributed by atoms with E-state index in [9.17, 15) is 23.4 Å². The zero-order chi connectivity index (χ0) is 14.2. The number of hydrogen-bond acceptors (Lipinski definition) is 2. The Morgan fingerprint density at radius 1 is 0.789 bits per heavy atom. The van der Waals surface area contributed by atoms with Gasteiger partial charge < -0.3 is 10.2 Å².